The third-order valence-corrected chi connectivity index (χ3v) is 3.46. The summed E-state index contributed by atoms with van der Waals surface area (Å²) in [4.78, 5) is 0. The van der Waals surface area contributed by atoms with Crippen molar-refractivity contribution in [2.45, 2.75) is 51.2 Å². The molecule has 1 aromatic rings. The summed E-state index contributed by atoms with van der Waals surface area (Å²) in [6.45, 7) is 6.18. The lowest BCUT2D eigenvalue weighted by atomic mass is 9.89. The van der Waals surface area contributed by atoms with E-state index in [-0.39, 0.29) is 17.6 Å². The summed E-state index contributed by atoms with van der Waals surface area (Å²) in [5.74, 6) is 0.944. The first kappa shape index (κ1) is 11.5. The molecule has 0 saturated heterocycles. The van der Waals surface area contributed by atoms with Crippen LogP contribution in [0.3, 0.4) is 0 Å². The van der Waals surface area contributed by atoms with Crippen LogP contribution in [0.15, 0.2) is 24.3 Å². The molecule has 1 saturated carbocycles. The van der Waals surface area contributed by atoms with Gasteiger partial charge in [0.25, 0.3) is 0 Å². The fourth-order valence-electron chi connectivity index (χ4n) is 2.28. The maximum absolute atomic E-state index is 6.05. The maximum atomic E-state index is 6.05. The lowest BCUT2D eigenvalue weighted by Crippen LogP contribution is -2.31. The van der Waals surface area contributed by atoms with Crippen molar-refractivity contribution in [1.82, 2.24) is 0 Å². The van der Waals surface area contributed by atoms with E-state index in [1.54, 1.807) is 0 Å². The van der Waals surface area contributed by atoms with Gasteiger partial charge in [-0.2, -0.15) is 0 Å². The topological polar surface area (TPSA) is 35.2 Å². The van der Waals surface area contributed by atoms with E-state index in [0.717, 1.165) is 5.75 Å². The second kappa shape index (κ2) is 4.10. The van der Waals surface area contributed by atoms with Gasteiger partial charge in [0.2, 0.25) is 0 Å². The van der Waals surface area contributed by atoms with Crippen LogP contribution in [-0.4, -0.2) is 12.1 Å². The predicted molar refractivity (Wildman–Crippen MR) is 66.8 cm³/mol. The van der Waals surface area contributed by atoms with Gasteiger partial charge in [0, 0.05) is 11.5 Å². The Morgan fingerprint density at radius 3 is 2.06 bits per heavy atom. The molecule has 1 fully saturated rings. The minimum absolute atomic E-state index is 0.231. The van der Waals surface area contributed by atoms with Gasteiger partial charge in [-0.3, -0.25) is 0 Å². The molecule has 0 aliphatic heterocycles. The minimum Gasteiger partial charge on any atom is -0.491 e. The van der Waals surface area contributed by atoms with Crippen LogP contribution in [0.5, 0.6) is 5.75 Å². The van der Waals surface area contributed by atoms with Crippen molar-refractivity contribution in [3.63, 3.8) is 0 Å². The minimum atomic E-state index is 0.231. The zero-order valence-electron chi connectivity index (χ0n) is 10.4. The monoisotopic (exact) mass is 219 g/mol. The molecule has 0 spiro atoms. The molecule has 0 radical (unpaired) electrons. The van der Waals surface area contributed by atoms with Gasteiger partial charge in [0.15, 0.2) is 0 Å². The third-order valence-electron chi connectivity index (χ3n) is 3.46. The molecule has 0 amide bonds. The molecule has 1 aromatic carbocycles. The Bertz CT molecular complexity index is 350. The summed E-state index contributed by atoms with van der Waals surface area (Å²) in [5, 5.41) is 0. The molecule has 2 heteroatoms. The molecule has 16 heavy (non-hydrogen) atoms. The second-order valence-corrected chi connectivity index (χ2v) is 5.14. The van der Waals surface area contributed by atoms with Crippen LogP contribution >= 0.6 is 0 Å². The zero-order chi connectivity index (χ0) is 11.8. The quantitative estimate of drug-likeness (QED) is 0.845. The Balaban J connectivity index is 2.14. The third kappa shape index (κ3) is 2.07. The number of benzene rings is 1. The van der Waals surface area contributed by atoms with Gasteiger partial charge >= 0.3 is 0 Å². The van der Waals surface area contributed by atoms with Crippen molar-refractivity contribution >= 4 is 0 Å². The highest BCUT2D eigenvalue weighted by molar-refractivity contribution is 5.37. The van der Waals surface area contributed by atoms with E-state index in [2.05, 4.69) is 31.2 Å². The van der Waals surface area contributed by atoms with Gasteiger partial charge in [-0.25, -0.2) is 0 Å². The van der Waals surface area contributed by atoms with Crippen LogP contribution < -0.4 is 10.5 Å². The van der Waals surface area contributed by atoms with Crippen LogP contribution in [0, 0.1) is 0 Å². The largest absolute Gasteiger partial charge is 0.491 e. The molecule has 88 valence electrons. The van der Waals surface area contributed by atoms with E-state index in [4.69, 9.17) is 10.5 Å². The van der Waals surface area contributed by atoms with E-state index < -0.39 is 0 Å². The number of rotatable bonds is 4. The van der Waals surface area contributed by atoms with Crippen molar-refractivity contribution < 1.29 is 4.74 Å². The second-order valence-electron chi connectivity index (χ2n) is 5.14. The highest BCUT2D eigenvalue weighted by Gasteiger charge is 2.47. The summed E-state index contributed by atoms with van der Waals surface area (Å²) >= 11 is 0. The van der Waals surface area contributed by atoms with Crippen LogP contribution in [0.4, 0.5) is 0 Å². The molecule has 2 nitrogen and oxygen atoms in total. The van der Waals surface area contributed by atoms with Crippen LogP contribution in [0.1, 0.15) is 39.2 Å². The lowest BCUT2D eigenvalue weighted by molar-refractivity contribution is 0.242. The number of hydrogen-bond acceptors (Lipinski definition) is 2. The van der Waals surface area contributed by atoms with Gasteiger partial charge in [0.05, 0.1) is 6.10 Å². The number of nitrogens with two attached hydrogens (primary N) is 1. The molecule has 1 unspecified atom stereocenters. The van der Waals surface area contributed by atoms with Gasteiger partial charge < -0.3 is 10.5 Å². The molecular formula is C14H21NO. The van der Waals surface area contributed by atoms with Crippen molar-refractivity contribution in [3.05, 3.63) is 29.8 Å². The number of ether oxygens (including phenoxy) is 1. The average molecular weight is 219 g/mol. The Morgan fingerprint density at radius 1 is 1.12 bits per heavy atom. The number of hydrogen-bond donors (Lipinski definition) is 1. The van der Waals surface area contributed by atoms with E-state index in [1.807, 2.05) is 13.8 Å². The molecule has 2 N–H and O–H groups in total. The Hall–Kier alpha value is -1.02. The first-order valence-corrected chi connectivity index (χ1v) is 6.07. The molecule has 2 rings (SSSR count). The summed E-state index contributed by atoms with van der Waals surface area (Å²) in [6, 6.07) is 8.67. The van der Waals surface area contributed by atoms with Gasteiger partial charge in [0.1, 0.15) is 5.75 Å². The van der Waals surface area contributed by atoms with Crippen LogP contribution in [-0.2, 0) is 5.41 Å². The predicted octanol–water partition coefficient (Wildman–Crippen LogP) is 2.85. The normalized spacial score (nSPS) is 19.6. The van der Waals surface area contributed by atoms with Crippen LogP contribution in [0.2, 0.25) is 0 Å². The van der Waals surface area contributed by atoms with E-state index in [0.29, 0.717) is 0 Å². The average Bonchev–Trinajstić information content (AvgIpc) is 2.98. The fourth-order valence-corrected chi connectivity index (χ4v) is 2.28. The van der Waals surface area contributed by atoms with E-state index in [9.17, 15) is 0 Å². The Morgan fingerprint density at radius 2 is 1.69 bits per heavy atom. The molecule has 0 bridgehead atoms. The molecule has 0 aromatic heterocycles. The Labute approximate surface area is 97.8 Å². The van der Waals surface area contributed by atoms with Crippen molar-refractivity contribution in [2.24, 2.45) is 5.73 Å². The summed E-state index contributed by atoms with van der Waals surface area (Å²) in [7, 11) is 0. The van der Waals surface area contributed by atoms with Crippen molar-refractivity contribution in [3.8, 4) is 5.75 Å². The lowest BCUT2D eigenvalue weighted by Gasteiger charge is -2.20. The SMILES string of the molecule is CC(C)Oc1ccc(C2(C(C)N)CC2)cc1. The van der Waals surface area contributed by atoms with E-state index in [1.165, 1.54) is 18.4 Å². The molecular weight excluding hydrogens is 198 g/mol. The highest BCUT2D eigenvalue weighted by atomic mass is 16.5. The van der Waals surface area contributed by atoms with Gasteiger partial charge in [-0.15, -0.1) is 0 Å². The zero-order valence-corrected chi connectivity index (χ0v) is 10.4. The molecule has 1 aliphatic carbocycles. The molecule has 1 aliphatic rings. The maximum Gasteiger partial charge on any atom is 0.119 e. The van der Waals surface area contributed by atoms with Gasteiger partial charge in [-0.05, 0) is 51.3 Å². The van der Waals surface area contributed by atoms with Gasteiger partial charge in [-0.1, -0.05) is 12.1 Å². The standard InChI is InChI=1S/C14H21NO/c1-10(2)16-13-6-4-12(5-7-13)14(8-9-14)11(3)15/h4-7,10-11H,8-9,15H2,1-3H3. The first-order valence-electron chi connectivity index (χ1n) is 6.07. The summed E-state index contributed by atoms with van der Waals surface area (Å²) < 4.78 is 5.63. The van der Waals surface area contributed by atoms with Crippen molar-refractivity contribution in [1.29, 1.82) is 0 Å². The Kier molecular flexibility index (Phi) is 2.94. The van der Waals surface area contributed by atoms with Crippen molar-refractivity contribution in [2.75, 3.05) is 0 Å². The summed E-state index contributed by atoms with van der Waals surface area (Å²) in [6.07, 6.45) is 2.67. The molecule has 0 heterocycles. The summed E-state index contributed by atoms with van der Waals surface area (Å²) in [5.41, 5.74) is 7.66. The van der Waals surface area contributed by atoms with E-state index >= 15 is 0 Å². The molecule has 1 atom stereocenters. The smallest absolute Gasteiger partial charge is 0.119 e. The fraction of sp³-hybridized carbons (Fsp3) is 0.571. The first-order chi connectivity index (χ1) is 7.54. The van der Waals surface area contributed by atoms with Crippen LogP contribution in [0.25, 0.3) is 0 Å². The highest BCUT2D eigenvalue weighted by Crippen LogP contribution is 2.50.